The number of methoxy groups -OCH3 is 1. The van der Waals surface area contributed by atoms with Crippen LogP contribution in [0.1, 0.15) is 16.7 Å². The van der Waals surface area contributed by atoms with Gasteiger partial charge in [0.15, 0.2) is 9.84 Å². The van der Waals surface area contributed by atoms with Gasteiger partial charge in [-0.2, -0.15) is 0 Å². The third-order valence-corrected chi connectivity index (χ3v) is 5.89. The number of ether oxygens (including phenoxy) is 1. The van der Waals surface area contributed by atoms with Crippen LogP contribution in [-0.2, 0) is 27.9 Å². The van der Waals surface area contributed by atoms with Crippen molar-refractivity contribution in [2.45, 2.75) is 18.1 Å². The molecule has 156 valence electrons. The Morgan fingerprint density at radius 1 is 0.867 bits per heavy atom. The Morgan fingerprint density at radius 3 is 2.00 bits per heavy atom. The van der Waals surface area contributed by atoms with Crippen LogP contribution < -0.4 is 15.4 Å². The van der Waals surface area contributed by atoms with Crippen molar-refractivity contribution in [3.05, 3.63) is 89.7 Å². The maximum Gasteiger partial charge on any atom is 0.319 e. The first-order chi connectivity index (χ1) is 14.4. The number of nitrogens with one attached hydrogen (secondary N) is 2. The summed E-state index contributed by atoms with van der Waals surface area (Å²) in [7, 11) is -1.76. The number of nitrogens with zero attached hydrogens (tertiary/aromatic N) is 1. The molecule has 0 fully saturated rings. The average molecular weight is 426 g/mol. The fourth-order valence-electron chi connectivity index (χ4n) is 2.82. The number of urea groups is 1. The molecule has 0 radical (unpaired) electrons. The van der Waals surface area contributed by atoms with Gasteiger partial charge in [-0.15, -0.1) is 0 Å². The van der Waals surface area contributed by atoms with Gasteiger partial charge in [-0.05, 0) is 53.1 Å². The van der Waals surface area contributed by atoms with E-state index in [0.717, 1.165) is 5.56 Å². The van der Waals surface area contributed by atoms with Crippen molar-refractivity contribution < 1.29 is 17.9 Å². The molecule has 2 N–H and O–H groups in total. The molecule has 0 unspecified atom stereocenters. The molecule has 30 heavy (non-hydrogen) atoms. The van der Waals surface area contributed by atoms with Gasteiger partial charge in [-0.3, -0.25) is 4.98 Å². The van der Waals surface area contributed by atoms with Crippen LogP contribution in [0.2, 0.25) is 0 Å². The van der Waals surface area contributed by atoms with Crippen LogP contribution in [-0.4, -0.2) is 26.5 Å². The van der Waals surface area contributed by atoms with Gasteiger partial charge in [0.05, 0.1) is 18.6 Å². The lowest BCUT2D eigenvalue weighted by Crippen LogP contribution is -2.28. The minimum absolute atomic E-state index is 0.0472. The summed E-state index contributed by atoms with van der Waals surface area (Å²) in [6.45, 7) is 0.385. The number of benzene rings is 2. The average Bonchev–Trinajstić information content (AvgIpc) is 2.74. The number of aromatic nitrogens is 1. The molecule has 2 amide bonds. The summed E-state index contributed by atoms with van der Waals surface area (Å²) in [5.74, 6) is 0.561. The predicted molar refractivity (Wildman–Crippen MR) is 116 cm³/mol. The number of hydrogen-bond acceptors (Lipinski definition) is 5. The second-order valence-corrected chi connectivity index (χ2v) is 8.80. The fourth-order valence-corrected chi connectivity index (χ4v) is 4.33. The molecule has 0 atom stereocenters. The Kier molecular flexibility index (Phi) is 7.03. The molecule has 7 nitrogen and oxygen atoms in total. The Labute approximate surface area is 176 Å². The topological polar surface area (TPSA) is 97.4 Å². The van der Waals surface area contributed by atoms with E-state index < -0.39 is 9.84 Å². The first-order valence-corrected chi connectivity index (χ1v) is 11.1. The van der Waals surface area contributed by atoms with E-state index in [1.165, 1.54) is 0 Å². The van der Waals surface area contributed by atoms with Crippen molar-refractivity contribution in [1.82, 2.24) is 10.3 Å². The normalized spacial score (nSPS) is 11.0. The highest BCUT2D eigenvalue weighted by atomic mass is 32.2. The third-order valence-electron chi connectivity index (χ3n) is 4.35. The monoisotopic (exact) mass is 425 g/mol. The van der Waals surface area contributed by atoms with Gasteiger partial charge in [0.2, 0.25) is 0 Å². The van der Waals surface area contributed by atoms with Crippen molar-refractivity contribution >= 4 is 21.6 Å². The van der Waals surface area contributed by atoms with E-state index in [-0.39, 0.29) is 17.5 Å². The number of carbonyl (C=O) groups is 1. The van der Waals surface area contributed by atoms with Crippen molar-refractivity contribution in [1.29, 1.82) is 0 Å². The molecular formula is C22H23N3O4S. The summed E-state index contributed by atoms with van der Waals surface area (Å²) in [5.41, 5.74) is 2.89. The Bertz CT molecular complexity index is 1070. The standard InChI is InChI=1S/C22H23N3O4S/c1-29-21-8-4-19(5-9-21)16-30(27,28)15-18-2-6-20(7-3-18)25-22(26)24-14-17-10-12-23-13-11-17/h2-13H,14-16H2,1H3,(H2,24,25,26). The Morgan fingerprint density at radius 2 is 1.43 bits per heavy atom. The van der Waals surface area contributed by atoms with Gasteiger partial charge in [0, 0.05) is 24.6 Å². The minimum Gasteiger partial charge on any atom is -0.497 e. The first kappa shape index (κ1) is 21.3. The van der Waals surface area contributed by atoms with Crippen LogP contribution in [0.5, 0.6) is 5.75 Å². The summed E-state index contributed by atoms with van der Waals surface area (Å²) in [6, 6.07) is 17.0. The smallest absolute Gasteiger partial charge is 0.319 e. The van der Waals surface area contributed by atoms with E-state index >= 15 is 0 Å². The van der Waals surface area contributed by atoms with Crippen LogP contribution in [0.4, 0.5) is 10.5 Å². The predicted octanol–water partition coefficient (Wildman–Crippen LogP) is 3.53. The third kappa shape index (κ3) is 6.59. The van der Waals surface area contributed by atoms with Crippen molar-refractivity contribution in [3.63, 3.8) is 0 Å². The minimum atomic E-state index is -3.33. The van der Waals surface area contributed by atoms with Crippen LogP contribution in [0, 0.1) is 0 Å². The molecule has 0 spiro atoms. The second kappa shape index (κ2) is 9.89. The largest absolute Gasteiger partial charge is 0.497 e. The van der Waals surface area contributed by atoms with E-state index in [2.05, 4.69) is 15.6 Å². The molecule has 0 saturated heterocycles. The molecule has 8 heteroatoms. The number of hydrogen-bond donors (Lipinski definition) is 2. The van der Waals surface area contributed by atoms with E-state index in [9.17, 15) is 13.2 Å². The fraction of sp³-hybridized carbons (Fsp3) is 0.182. The number of amides is 2. The Hall–Kier alpha value is -3.39. The molecule has 3 rings (SSSR count). The molecule has 0 aliphatic heterocycles. The zero-order valence-electron chi connectivity index (χ0n) is 16.5. The van der Waals surface area contributed by atoms with E-state index in [1.807, 2.05) is 12.1 Å². The zero-order chi connectivity index (χ0) is 21.4. The van der Waals surface area contributed by atoms with Crippen molar-refractivity contribution in [2.24, 2.45) is 0 Å². The quantitative estimate of drug-likeness (QED) is 0.575. The SMILES string of the molecule is COc1ccc(CS(=O)(=O)Cc2ccc(NC(=O)NCc3ccncc3)cc2)cc1. The number of pyridine rings is 1. The lowest BCUT2D eigenvalue weighted by molar-refractivity contribution is 0.251. The molecule has 0 aliphatic carbocycles. The molecule has 2 aromatic carbocycles. The first-order valence-electron chi connectivity index (χ1n) is 9.29. The Balaban J connectivity index is 1.52. The molecule has 0 bridgehead atoms. The van der Waals surface area contributed by atoms with E-state index in [0.29, 0.717) is 29.1 Å². The summed E-state index contributed by atoms with van der Waals surface area (Å²) >= 11 is 0. The van der Waals surface area contributed by atoms with E-state index in [4.69, 9.17) is 4.74 Å². The second-order valence-electron chi connectivity index (χ2n) is 6.74. The number of anilines is 1. The summed E-state index contributed by atoms with van der Waals surface area (Å²) in [4.78, 5) is 15.9. The summed E-state index contributed by atoms with van der Waals surface area (Å²) in [6.07, 6.45) is 3.33. The molecule has 0 saturated carbocycles. The summed E-state index contributed by atoms with van der Waals surface area (Å²) < 4.78 is 30.1. The lowest BCUT2D eigenvalue weighted by Gasteiger charge is -2.09. The maximum absolute atomic E-state index is 12.5. The maximum atomic E-state index is 12.5. The summed E-state index contributed by atoms with van der Waals surface area (Å²) in [5, 5.41) is 5.48. The van der Waals surface area contributed by atoms with Gasteiger partial charge in [-0.25, -0.2) is 13.2 Å². The van der Waals surface area contributed by atoms with E-state index in [1.54, 1.807) is 68.0 Å². The highest BCUT2D eigenvalue weighted by molar-refractivity contribution is 7.89. The van der Waals surface area contributed by atoms with Gasteiger partial charge in [-0.1, -0.05) is 24.3 Å². The van der Waals surface area contributed by atoms with Crippen molar-refractivity contribution in [3.8, 4) is 5.75 Å². The van der Waals surface area contributed by atoms with Gasteiger partial charge >= 0.3 is 6.03 Å². The number of carbonyl (C=O) groups excluding carboxylic acids is 1. The molecule has 0 aliphatic rings. The molecular weight excluding hydrogens is 402 g/mol. The van der Waals surface area contributed by atoms with Gasteiger partial charge in [0.1, 0.15) is 5.75 Å². The number of rotatable bonds is 8. The lowest BCUT2D eigenvalue weighted by atomic mass is 10.2. The zero-order valence-corrected chi connectivity index (χ0v) is 17.4. The highest BCUT2D eigenvalue weighted by Gasteiger charge is 2.13. The molecule has 3 aromatic rings. The van der Waals surface area contributed by atoms with Crippen LogP contribution in [0.15, 0.2) is 73.1 Å². The number of sulfone groups is 1. The van der Waals surface area contributed by atoms with Crippen LogP contribution >= 0.6 is 0 Å². The molecule has 1 heterocycles. The molecule has 1 aromatic heterocycles. The van der Waals surface area contributed by atoms with Crippen LogP contribution in [0.3, 0.4) is 0 Å². The van der Waals surface area contributed by atoms with Gasteiger partial charge < -0.3 is 15.4 Å². The van der Waals surface area contributed by atoms with Crippen molar-refractivity contribution in [2.75, 3.05) is 12.4 Å². The van der Waals surface area contributed by atoms with Crippen LogP contribution in [0.25, 0.3) is 0 Å². The highest BCUT2D eigenvalue weighted by Crippen LogP contribution is 2.17. The van der Waals surface area contributed by atoms with Gasteiger partial charge in [0.25, 0.3) is 0 Å².